The average molecular weight is 202 g/mol. The largest absolute Gasteiger partial charge is 0.357 e. The van der Waals surface area contributed by atoms with E-state index in [2.05, 4.69) is 40.2 Å². The van der Waals surface area contributed by atoms with Crippen LogP contribution in [-0.2, 0) is 6.42 Å². The molecule has 0 aliphatic heterocycles. The number of benzene rings is 1. The highest BCUT2D eigenvalue weighted by atomic mass is 15.1. The van der Waals surface area contributed by atoms with E-state index in [1.165, 1.54) is 16.7 Å². The molecule has 0 amide bonds. The Balaban J connectivity index is 2.28. The number of hydrogen-bond donors (Lipinski definition) is 2. The van der Waals surface area contributed by atoms with Crippen LogP contribution in [0.4, 0.5) is 0 Å². The summed E-state index contributed by atoms with van der Waals surface area (Å²) in [6, 6.07) is 8.60. The lowest BCUT2D eigenvalue weighted by Crippen LogP contribution is -2.51. The SMILES string of the molecule is Cc1[nH]ncc1-c1ccc(CC[NH3+])cc1. The first-order valence-corrected chi connectivity index (χ1v) is 5.20. The zero-order chi connectivity index (χ0) is 10.7. The second-order valence-corrected chi connectivity index (χ2v) is 3.71. The summed E-state index contributed by atoms with van der Waals surface area (Å²) in [4.78, 5) is 0. The third kappa shape index (κ3) is 2.07. The predicted molar refractivity (Wildman–Crippen MR) is 60.2 cm³/mol. The van der Waals surface area contributed by atoms with Crippen LogP contribution >= 0.6 is 0 Å². The minimum Gasteiger partial charge on any atom is -0.357 e. The fourth-order valence-electron chi connectivity index (χ4n) is 1.70. The Kier molecular flexibility index (Phi) is 2.83. The first-order chi connectivity index (χ1) is 7.31. The number of aromatic amines is 1. The fraction of sp³-hybridized carbons (Fsp3) is 0.250. The summed E-state index contributed by atoms with van der Waals surface area (Å²) in [6.45, 7) is 2.98. The molecule has 0 saturated heterocycles. The molecule has 4 N–H and O–H groups in total. The predicted octanol–water partition coefficient (Wildman–Crippen LogP) is 1.17. The van der Waals surface area contributed by atoms with Crippen molar-refractivity contribution in [1.29, 1.82) is 0 Å². The second-order valence-electron chi connectivity index (χ2n) is 3.71. The number of nitrogens with zero attached hydrogens (tertiary/aromatic N) is 1. The summed E-state index contributed by atoms with van der Waals surface area (Å²) >= 11 is 0. The van der Waals surface area contributed by atoms with Gasteiger partial charge in [0, 0.05) is 17.7 Å². The quantitative estimate of drug-likeness (QED) is 0.771. The molecule has 1 heterocycles. The molecular weight excluding hydrogens is 186 g/mol. The van der Waals surface area contributed by atoms with Gasteiger partial charge in [-0.15, -0.1) is 0 Å². The summed E-state index contributed by atoms with van der Waals surface area (Å²) in [5, 5.41) is 6.97. The van der Waals surface area contributed by atoms with Crippen molar-refractivity contribution >= 4 is 0 Å². The van der Waals surface area contributed by atoms with E-state index in [0.29, 0.717) is 0 Å². The second kappa shape index (κ2) is 4.28. The van der Waals surface area contributed by atoms with E-state index in [4.69, 9.17) is 0 Å². The Morgan fingerprint density at radius 1 is 1.27 bits per heavy atom. The summed E-state index contributed by atoms with van der Waals surface area (Å²) in [5.74, 6) is 0. The van der Waals surface area contributed by atoms with E-state index >= 15 is 0 Å². The molecule has 0 radical (unpaired) electrons. The Labute approximate surface area is 89.3 Å². The van der Waals surface area contributed by atoms with Crippen molar-refractivity contribution < 1.29 is 5.73 Å². The maximum absolute atomic E-state index is 4.02. The van der Waals surface area contributed by atoms with Gasteiger partial charge >= 0.3 is 0 Å². The zero-order valence-corrected chi connectivity index (χ0v) is 8.96. The first-order valence-electron chi connectivity index (χ1n) is 5.20. The van der Waals surface area contributed by atoms with Gasteiger partial charge in [-0.2, -0.15) is 5.10 Å². The molecule has 3 heteroatoms. The van der Waals surface area contributed by atoms with Crippen LogP contribution in [0, 0.1) is 6.92 Å². The van der Waals surface area contributed by atoms with Crippen LogP contribution in [0.25, 0.3) is 11.1 Å². The Morgan fingerprint density at radius 3 is 2.53 bits per heavy atom. The highest BCUT2D eigenvalue weighted by Crippen LogP contribution is 2.21. The monoisotopic (exact) mass is 202 g/mol. The van der Waals surface area contributed by atoms with Crippen molar-refractivity contribution in [1.82, 2.24) is 10.2 Å². The Bertz CT molecular complexity index is 428. The van der Waals surface area contributed by atoms with Crippen LogP contribution in [0.3, 0.4) is 0 Å². The van der Waals surface area contributed by atoms with Crippen molar-refractivity contribution in [3.05, 3.63) is 41.7 Å². The van der Waals surface area contributed by atoms with Crippen molar-refractivity contribution in [3.63, 3.8) is 0 Å². The van der Waals surface area contributed by atoms with Crippen molar-refractivity contribution in [2.45, 2.75) is 13.3 Å². The molecule has 0 atom stereocenters. The molecule has 0 fully saturated rings. The molecule has 1 aromatic heterocycles. The van der Waals surface area contributed by atoms with E-state index in [1.807, 2.05) is 13.1 Å². The number of hydrogen-bond acceptors (Lipinski definition) is 1. The van der Waals surface area contributed by atoms with Gasteiger partial charge in [0.1, 0.15) is 0 Å². The highest BCUT2D eigenvalue weighted by Gasteiger charge is 2.03. The smallest absolute Gasteiger partial charge is 0.0780 e. The summed E-state index contributed by atoms with van der Waals surface area (Å²) in [6.07, 6.45) is 2.91. The number of aromatic nitrogens is 2. The minimum atomic E-state index is 0.948. The third-order valence-corrected chi connectivity index (χ3v) is 2.56. The first kappa shape index (κ1) is 9.93. The van der Waals surface area contributed by atoms with Gasteiger partial charge in [-0.1, -0.05) is 24.3 Å². The van der Waals surface area contributed by atoms with Crippen LogP contribution in [0.5, 0.6) is 0 Å². The standard InChI is InChI=1S/C12H15N3/c1-9-12(8-14-15-9)11-4-2-10(3-5-11)6-7-13/h2-5,8H,6-7,13H2,1H3,(H,14,15)/p+1. The molecule has 3 nitrogen and oxygen atoms in total. The van der Waals surface area contributed by atoms with Crippen molar-refractivity contribution in [2.75, 3.05) is 6.54 Å². The maximum Gasteiger partial charge on any atom is 0.0780 e. The molecule has 0 aliphatic carbocycles. The van der Waals surface area contributed by atoms with E-state index < -0.39 is 0 Å². The molecule has 0 aliphatic rings. The normalized spacial score (nSPS) is 10.5. The Hall–Kier alpha value is -1.61. The summed E-state index contributed by atoms with van der Waals surface area (Å²) in [7, 11) is 0. The van der Waals surface area contributed by atoms with E-state index in [-0.39, 0.29) is 0 Å². The lowest BCUT2D eigenvalue weighted by atomic mass is 10.0. The van der Waals surface area contributed by atoms with E-state index in [0.717, 1.165) is 18.7 Å². The topological polar surface area (TPSA) is 56.3 Å². The van der Waals surface area contributed by atoms with Gasteiger partial charge in [-0.3, -0.25) is 5.10 Å². The number of rotatable bonds is 3. The lowest BCUT2D eigenvalue weighted by Gasteiger charge is -2.01. The van der Waals surface area contributed by atoms with Crippen molar-refractivity contribution in [2.24, 2.45) is 0 Å². The molecule has 15 heavy (non-hydrogen) atoms. The number of H-pyrrole nitrogens is 1. The summed E-state index contributed by atoms with van der Waals surface area (Å²) < 4.78 is 0. The highest BCUT2D eigenvalue weighted by molar-refractivity contribution is 5.65. The zero-order valence-electron chi connectivity index (χ0n) is 8.96. The van der Waals surface area contributed by atoms with Crippen LogP contribution in [0.2, 0.25) is 0 Å². The molecule has 78 valence electrons. The fourth-order valence-corrected chi connectivity index (χ4v) is 1.70. The molecule has 2 aromatic rings. The Morgan fingerprint density at radius 2 is 2.00 bits per heavy atom. The average Bonchev–Trinajstić information content (AvgIpc) is 2.66. The van der Waals surface area contributed by atoms with Gasteiger partial charge in [0.15, 0.2) is 0 Å². The van der Waals surface area contributed by atoms with Crippen LogP contribution in [0.15, 0.2) is 30.5 Å². The minimum absolute atomic E-state index is 0.948. The molecule has 0 bridgehead atoms. The van der Waals surface area contributed by atoms with Gasteiger partial charge in [0.25, 0.3) is 0 Å². The molecule has 2 rings (SSSR count). The lowest BCUT2D eigenvalue weighted by molar-refractivity contribution is -0.366. The summed E-state index contributed by atoms with van der Waals surface area (Å²) in [5.41, 5.74) is 8.70. The van der Waals surface area contributed by atoms with Crippen LogP contribution in [0.1, 0.15) is 11.3 Å². The van der Waals surface area contributed by atoms with Gasteiger partial charge < -0.3 is 5.73 Å². The van der Waals surface area contributed by atoms with Gasteiger partial charge in [0.2, 0.25) is 0 Å². The van der Waals surface area contributed by atoms with E-state index in [1.54, 1.807) is 0 Å². The van der Waals surface area contributed by atoms with Crippen LogP contribution in [-0.4, -0.2) is 16.7 Å². The van der Waals surface area contributed by atoms with Crippen molar-refractivity contribution in [3.8, 4) is 11.1 Å². The third-order valence-electron chi connectivity index (χ3n) is 2.56. The van der Waals surface area contributed by atoms with Gasteiger partial charge in [-0.05, 0) is 18.1 Å². The molecule has 1 aromatic carbocycles. The van der Waals surface area contributed by atoms with E-state index in [9.17, 15) is 0 Å². The van der Waals surface area contributed by atoms with Crippen LogP contribution < -0.4 is 5.73 Å². The molecule has 0 spiro atoms. The molecule has 0 saturated carbocycles. The number of aryl methyl sites for hydroxylation is 1. The number of quaternary nitrogens is 1. The molecular formula is C12H16N3+. The van der Waals surface area contributed by atoms with Gasteiger partial charge in [0.05, 0.1) is 12.7 Å². The number of nitrogens with one attached hydrogen (secondary N) is 1. The molecule has 0 unspecified atom stereocenters. The van der Waals surface area contributed by atoms with Gasteiger partial charge in [-0.25, -0.2) is 0 Å². The maximum atomic E-state index is 4.02.